The lowest BCUT2D eigenvalue weighted by molar-refractivity contribution is -0.122. The van der Waals surface area contributed by atoms with Crippen molar-refractivity contribution < 1.29 is 14.3 Å². The van der Waals surface area contributed by atoms with Crippen molar-refractivity contribution >= 4 is 41.5 Å². The molecule has 1 saturated heterocycles. The largest absolute Gasteiger partial charge is 0.379 e. The number of benzene rings is 1. The van der Waals surface area contributed by atoms with E-state index in [0.29, 0.717) is 19.8 Å². The minimum atomic E-state index is 0. The number of nitrogens with zero attached hydrogens (tertiary/aromatic N) is 1. The van der Waals surface area contributed by atoms with Crippen molar-refractivity contribution in [2.45, 2.75) is 51.2 Å². The van der Waals surface area contributed by atoms with Crippen LogP contribution in [0.4, 0.5) is 5.69 Å². The summed E-state index contributed by atoms with van der Waals surface area (Å²) in [7, 11) is 1.76. The first-order valence-electron chi connectivity index (χ1n) is 10.8. The Hall–Kier alpha value is -1.39. The molecule has 1 saturated carbocycles. The predicted molar refractivity (Wildman–Crippen MR) is 130 cm³/mol. The Morgan fingerprint density at radius 1 is 1.23 bits per heavy atom. The van der Waals surface area contributed by atoms with Gasteiger partial charge in [-0.05, 0) is 49.8 Å². The average molecular weight is 530 g/mol. The number of nitrogens with one attached hydrogen (secondary N) is 3. The minimum absolute atomic E-state index is 0. The van der Waals surface area contributed by atoms with Crippen molar-refractivity contribution in [3.05, 3.63) is 29.8 Å². The lowest BCUT2D eigenvalue weighted by atomic mass is 9.85. The number of anilines is 1. The third-order valence-electron chi connectivity index (χ3n) is 5.44. The van der Waals surface area contributed by atoms with Crippen LogP contribution in [0.1, 0.15) is 44.1 Å². The van der Waals surface area contributed by atoms with Crippen LogP contribution in [0.15, 0.2) is 29.3 Å². The standard InChI is InChI=1S/C22H34N4O3.HI/c1-23-22(24-11-5-12-28-16-20-10-4-13-29-20)25-15-17-6-2-9-19(14-17)26-21(27)18-7-3-8-18;/h2,6,9,14,18,20H,3-5,7-8,10-13,15-16H2,1H3,(H,26,27)(H2,23,24,25);1H. The third kappa shape index (κ3) is 8.39. The Balaban J connectivity index is 0.00000320. The smallest absolute Gasteiger partial charge is 0.227 e. The molecule has 1 unspecified atom stereocenters. The van der Waals surface area contributed by atoms with Crippen LogP contribution in [0.2, 0.25) is 0 Å². The minimum Gasteiger partial charge on any atom is -0.379 e. The number of rotatable bonds is 10. The second-order valence-corrected chi connectivity index (χ2v) is 7.73. The first-order chi connectivity index (χ1) is 14.2. The van der Waals surface area contributed by atoms with E-state index in [1.807, 2.05) is 24.3 Å². The van der Waals surface area contributed by atoms with Crippen molar-refractivity contribution in [2.75, 3.05) is 38.7 Å². The van der Waals surface area contributed by atoms with Gasteiger partial charge in [-0.1, -0.05) is 18.6 Å². The monoisotopic (exact) mass is 530 g/mol. The third-order valence-corrected chi connectivity index (χ3v) is 5.44. The highest BCUT2D eigenvalue weighted by Crippen LogP contribution is 2.27. The van der Waals surface area contributed by atoms with Gasteiger partial charge in [-0.15, -0.1) is 24.0 Å². The quantitative estimate of drug-likeness (QED) is 0.187. The molecule has 2 aliphatic rings. The molecule has 7 nitrogen and oxygen atoms in total. The Kier molecular flexibility index (Phi) is 11.5. The van der Waals surface area contributed by atoms with Crippen LogP contribution in [0.25, 0.3) is 0 Å². The molecule has 1 aromatic rings. The maximum absolute atomic E-state index is 12.1. The van der Waals surface area contributed by atoms with E-state index in [1.165, 1.54) is 0 Å². The lowest BCUT2D eigenvalue weighted by Crippen LogP contribution is -2.37. The average Bonchev–Trinajstić information content (AvgIpc) is 3.19. The second-order valence-electron chi connectivity index (χ2n) is 7.73. The number of guanidine groups is 1. The van der Waals surface area contributed by atoms with Gasteiger partial charge in [0, 0.05) is 45.0 Å². The Morgan fingerprint density at radius 3 is 2.80 bits per heavy atom. The molecular weight excluding hydrogens is 495 g/mol. The van der Waals surface area contributed by atoms with Gasteiger partial charge in [0.15, 0.2) is 5.96 Å². The van der Waals surface area contributed by atoms with E-state index in [4.69, 9.17) is 9.47 Å². The van der Waals surface area contributed by atoms with Crippen LogP contribution in [0, 0.1) is 5.92 Å². The number of hydrogen-bond acceptors (Lipinski definition) is 4. The molecule has 1 amide bonds. The number of carbonyl (C=O) groups excluding carboxylic acids is 1. The molecule has 1 aliphatic heterocycles. The highest BCUT2D eigenvalue weighted by Gasteiger charge is 2.25. The molecule has 1 aliphatic carbocycles. The van der Waals surface area contributed by atoms with Crippen molar-refractivity contribution in [2.24, 2.45) is 10.9 Å². The van der Waals surface area contributed by atoms with Gasteiger partial charge in [0.2, 0.25) is 5.91 Å². The molecule has 2 fully saturated rings. The lowest BCUT2D eigenvalue weighted by Gasteiger charge is -2.24. The van der Waals surface area contributed by atoms with E-state index >= 15 is 0 Å². The van der Waals surface area contributed by atoms with Crippen molar-refractivity contribution in [3.8, 4) is 0 Å². The molecule has 0 aromatic heterocycles. The van der Waals surface area contributed by atoms with Gasteiger partial charge in [-0.3, -0.25) is 9.79 Å². The molecule has 1 aromatic carbocycles. The Bertz CT molecular complexity index is 676. The van der Waals surface area contributed by atoms with E-state index in [-0.39, 0.29) is 41.9 Å². The number of hydrogen-bond donors (Lipinski definition) is 3. The van der Waals surface area contributed by atoms with Gasteiger partial charge < -0.3 is 25.4 Å². The summed E-state index contributed by atoms with van der Waals surface area (Å²) in [6, 6.07) is 7.95. The van der Waals surface area contributed by atoms with Crippen LogP contribution in [-0.2, 0) is 20.8 Å². The van der Waals surface area contributed by atoms with Crippen molar-refractivity contribution in [1.82, 2.24) is 10.6 Å². The summed E-state index contributed by atoms with van der Waals surface area (Å²) >= 11 is 0. The fourth-order valence-electron chi connectivity index (χ4n) is 3.45. The molecule has 0 bridgehead atoms. The van der Waals surface area contributed by atoms with E-state index < -0.39 is 0 Å². The molecule has 3 N–H and O–H groups in total. The summed E-state index contributed by atoms with van der Waals surface area (Å²) in [4.78, 5) is 16.4. The number of aliphatic imine (C=N–C) groups is 1. The zero-order valence-electron chi connectivity index (χ0n) is 17.8. The highest BCUT2D eigenvalue weighted by atomic mass is 127. The summed E-state index contributed by atoms with van der Waals surface area (Å²) in [6.07, 6.45) is 6.63. The van der Waals surface area contributed by atoms with Crippen LogP contribution < -0.4 is 16.0 Å². The summed E-state index contributed by atoms with van der Waals surface area (Å²) in [6.45, 7) is 3.71. The number of ether oxygens (including phenoxy) is 2. The maximum Gasteiger partial charge on any atom is 0.227 e. The molecule has 1 atom stereocenters. The summed E-state index contributed by atoms with van der Waals surface area (Å²) in [5.41, 5.74) is 1.95. The second kappa shape index (κ2) is 13.8. The Morgan fingerprint density at radius 2 is 2.10 bits per heavy atom. The fraction of sp³-hybridized carbons (Fsp3) is 0.636. The van der Waals surface area contributed by atoms with E-state index in [0.717, 1.165) is 68.9 Å². The molecular formula is C22H35IN4O3. The molecule has 0 spiro atoms. The molecule has 1 heterocycles. The van der Waals surface area contributed by atoms with Crippen molar-refractivity contribution in [1.29, 1.82) is 0 Å². The van der Waals surface area contributed by atoms with E-state index in [9.17, 15) is 4.79 Å². The van der Waals surface area contributed by atoms with E-state index in [1.54, 1.807) is 7.05 Å². The summed E-state index contributed by atoms with van der Waals surface area (Å²) in [5, 5.41) is 9.64. The van der Waals surface area contributed by atoms with Crippen LogP contribution >= 0.6 is 24.0 Å². The zero-order valence-corrected chi connectivity index (χ0v) is 20.2. The first-order valence-corrected chi connectivity index (χ1v) is 10.8. The zero-order chi connectivity index (χ0) is 20.3. The maximum atomic E-state index is 12.1. The molecule has 0 radical (unpaired) electrons. The fourth-order valence-corrected chi connectivity index (χ4v) is 3.45. The van der Waals surface area contributed by atoms with E-state index in [2.05, 4.69) is 20.9 Å². The van der Waals surface area contributed by atoms with Crippen LogP contribution in [0.5, 0.6) is 0 Å². The summed E-state index contributed by atoms with van der Waals surface area (Å²) < 4.78 is 11.2. The number of carbonyl (C=O) groups is 1. The van der Waals surface area contributed by atoms with Gasteiger partial charge in [0.05, 0.1) is 12.7 Å². The van der Waals surface area contributed by atoms with Gasteiger partial charge in [0.1, 0.15) is 0 Å². The predicted octanol–water partition coefficient (Wildman–Crippen LogP) is 3.29. The van der Waals surface area contributed by atoms with Gasteiger partial charge in [-0.25, -0.2) is 0 Å². The normalized spacial score (nSPS) is 19.0. The van der Waals surface area contributed by atoms with Crippen LogP contribution in [-0.4, -0.2) is 51.4 Å². The van der Waals surface area contributed by atoms with Crippen molar-refractivity contribution in [3.63, 3.8) is 0 Å². The van der Waals surface area contributed by atoms with Gasteiger partial charge in [-0.2, -0.15) is 0 Å². The van der Waals surface area contributed by atoms with Gasteiger partial charge >= 0.3 is 0 Å². The number of halogens is 1. The molecule has 3 rings (SSSR count). The molecule has 168 valence electrons. The molecule has 8 heteroatoms. The van der Waals surface area contributed by atoms with Gasteiger partial charge in [0.25, 0.3) is 0 Å². The SMILES string of the molecule is CN=C(NCCCOCC1CCCO1)NCc1cccc(NC(=O)C2CCC2)c1.I. The molecule has 30 heavy (non-hydrogen) atoms. The van der Waals surface area contributed by atoms with Crippen LogP contribution in [0.3, 0.4) is 0 Å². The highest BCUT2D eigenvalue weighted by molar-refractivity contribution is 14.0. The first kappa shape index (κ1) is 24.9. The topological polar surface area (TPSA) is 84.0 Å². The number of amides is 1. The Labute approximate surface area is 196 Å². The summed E-state index contributed by atoms with van der Waals surface area (Å²) in [5.74, 6) is 1.09.